The molecule has 3 nitrogen and oxygen atoms in total. The van der Waals surface area contributed by atoms with Gasteiger partial charge in [-0.3, -0.25) is 4.98 Å². The SMILES string of the molecule is Cc1ccc2cc(CNC3C[C@H](C)O[C@@H](C)C3)ccc2n1. The maximum atomic E-state index is 5.79. The number of pyridine rings is 1. The Morgan fingerprint density at radius 2 is 1.90 bits per heavy atom. The largest absolute Gasteiger partial charge is 0.375 e. The van der Waals surface area contributed by atoms with E-state index in [0.29, 0.717) is 18.2 Å². The summed E-state index contributed by atoms with van der Waals surface area (Å²) >= 11 is 0. The Bertz CT molecular complexity index is 616. The molecule has 0 saturated carbocycles. The van der Waals surface area contributed by atoms with Crippen molar-refractivity contribution >= 4 is 10.9 Å². The lowest BCUT2D eigenvalue weighted by atomic mass is 9.99. The van der Waals surface area contributed by atoms with E-state index in [2.05, 4.69) is 54.5 Å². The van der Waals surface area contributed by atoms with Crippen LogP contribution in [0.1, 0.15) is 37.9 Å². The summed E-state index contributed by atoms with van der Waals surface area (Å²) in [5.41, 5.74) is 3.46. The van der Waals surface area contributed by atoms with Crippen LogP contribution in [0.5, 0.6) is 0 Å². The number of ether oxygens (including phenoxy) is 1. The molecule has 2 atom stereocenters. The monoisotopic (exact) mass is 284 g/mol. The van der Waals surface area contributed by atoms with Crippen LogP contribution in [0.2, 0.25) is 0 Å². The van der Waals surface area contributed by atoms with Gasteiger partial charge in [-0.05, 0) is 57.4 Å². The third-order valence-corrected chi connectivity index (χ3v) is 4.19. The van der Waals surface area contributed by atoms with Crippen LogP contribution in [0.15, 0.2) is 30.3 Å². The van der Waals surface area contributed by atoms with Gasteiger partial charge >= 0.3 is 0 Å². The molecule has 0 amide bonds. The molecule has 2 aromatic rings. The van der Waals surface area contributed by atoms with Crippen LogP contribution in [0.4, 0.5) is 0 Å². The molecule has 0 aliphatic carbocycles. The number of nitrogens with one attached hydrogen (secondary N) is 1. The molecule has 112 valence electrons. The van der Waals surface area contributed by atoms with E-state index in [-0.39, 0.29) is 0 Å². The van der Waals surface area contributed by atoms with Gasteiger partial charge in [-0.25, -0.2) is 0 Å². The number of rotatable bonds is 3. The zero-order chi connectivity index (χ0) is 14.8. The number of aryl methyl sites for hydroxylation is 1. The Morgan fingerprint density at radius 1 is 1.14 bits per heavy atom. The van der Waals surface area contributed by atoms with Crippen LogP contribution < -0.4 is 5.32 Å². The third kappa shape index (κ3) is 3.60. The van der Waals surface area contributed by atoms with Crippen LogP contribution >= 0.6 is 0 Å². The summed E-state index contributed by atoms with van der Waals surface area (Å²) in [7, 11) is 0. The maximum absolute atomic E-state index is 5.79. The highest BCUT2D eigenvalue weighted by molar-refractivity contribution is 5.79. The van der Waals surface area contributed by atoms with Crippen LogP contribution in [-0.4, -0.2) is 23.2 Å². The Labute approximate surface area is 126 Å². The van der Waals surface area contributed by atoms with Crippen LogP contribution in [0, 0.1) is 6.92 Å². The highest BCUT2D eigenvalue weighted by Gasteiger charge is 2.23. The molecule has 1 aromatic carbocycles. The summed E-state index contributed by atoms with van der Waals surface area (Å²) < 4.78 is 5.79. The van der Waals surface area contributed by atoms with Gasteiger partial charge in [0.05, 0.1) is 17.7 Å². The van der Waals surface area contributed by atoms with E-state index in [4.69, 9.17) is 4.74 Å². The van der Waals surface area contributed by atoms with Gasteiger partial charge in [0.25, 0.3) is 0 Å². The molecular formula is C18H24N2O. The minimum absolute atomic E-state index is 0.357. The molecule has 1 aliphatic rings. The average Bonchev–Trinajstić information content (AvgIpc) is 2.44. The zero-order valence-corrected chi connectivity index (χ0v) is 13.1. The van der Waals surface area contributed by atoms with Crippen LogP contribution in [0.3, 0.4) is 0 Å². The van der Waals surface area contributed by atoms with E-state index < -0.39 is 0 Å². The lowest BCUT2D eigenvalue weighted by Gasteiger charge is -2.32. The first-order valence-electron chi connectivity index (χ1n) is 7.85. The van der Waals surface area contributed by atoms with Crippen molar-refractivity contribution in [2.45, 2.75) is 58.4 Å². The maximum Gasteiger partial charge on any atom is 0.0705 e. The van der Waals surface area contributed by atoms with Crippen molar-refractivity contribution in [2.24, 2.45) is 0 Å². The van der Waals surface area contributed by atoms with Crippen LogP contribution in [0.25, 0.3) is 10.9 Å². The molecule has 3 rings (SSSR count). The van der Waals surface area contributed by atoms with Gasteiger partial charge in [0, 0.05) is 23.7 Å². The fraction of sp³-hybridized carbons (Fsp3) is 0.500. The first-order valence-corrected chi connectivity index (χ1v) is 7.85. The lowest BCUT2D eigenvalue weighted by molar-refractivity contribution is -0.0422. The van der Waals surface area contributed by atoms with E-state index in [9.17, 15) is 0 Å². The minimum Gasteiger partial charge on any atom is -0.375 e. The Morgan fingerprint density at radius 3 is 2.67 bits per heavy atom. The summed E-state index contributed by atoms with van der Waals surface area (Å²) in [5, 5.41) is 4.89. The Hall–Kier alpha value is -1.45. The quantitative estimate of drug-likeness (QED) is 0.935. The molecule has 1 fully saturated rings. The molecule has 21 heavy (non-hydrogen) atoms. The molecule has 1 N–H and O–H groups in total. The molecule has 0 radical (unpaired) electrons. The second kappa shape index (κ2) is 6.12. The number of benzene rings is 1. The number of hydrogen-bond acceptors (Lipinski definition) is 3. The smallest absolute Gasteiger partial charge is 0.0705 e. The Kier molecular flexibility index (Phi) is 4.22. The Balaban J connectivity index is 1.66. The number of fused-ring (bicyclic) bond motifs is 1. The molecule has 1 saturated heterocycles. The van der Waals surface area contributed by atoms with Crippen molar-refractivity contribution in [3.05, 3.63) is 41.6 Å². The summed E-state index contributed by atoms with van der Waals surface area (Å²) in [6.07, 6.45) is 2.90. The molecule has 0 unspecified atom stereocenters. The predicted octanol–water partition coefficient (Wildman–Crippen LogP) is 3.59. The molecule has 0 spiro atoms. The summed E-state index contributed by atoms with van der Waals surface area (Å²) in [6.45, 7) is 7.26. The van der Waals surface area contributed by atoms with E-state index in [1.807, 2.05) is 6.92 Å². The molecule has 3 heteroatoms. The first kappa shape index (κ1) is 14.5. The van der Waals surface area contributed by atoms with Gasteiger partial charge in [0.2, 0.25) is 0 Å². The van der Waals surface area contributed by atoms with Crippen LogP contribution in [-0.2, 0) is 11.3 Å². The summed E-state index contributed by atoms with van der Waals surface area (Å²) in [6, 6.07) is 11.3. The number of hydrogen-bond donors (Lipinski definition) is 1. The normalized spacial score (nSPS) is 26.1. The summed E-state index contributed by atoms with van der Waals surface area (Å²) in [5.74, 6) is 0. The highest BCUT2D eigenvalue weighted by Crippen LogP contribution is 2.20. The predicted molar refractivity (Wildman–Crippen MR) is 86.4 cm³/mol. The van der Waals surface area contributed by atoms with Crippen molar-refractivity contribution in [3.8, 4) is 0 Å². The molecule has 0 bridgehead atoms. The van der Waals surface area contributed by atoms with E-state index in [1.54, 1.807) is 0 Å². The third-order valence-electron chi connectivity index (χ3n) is 4.19. The molecule has 1 aromatic heterocycles. The average molecular weight is 284 g/mol. The number of nitrogens with zero attached hydrogens (tertiary/aromatic N) is 1. The van der Waals surface area contributed by atoms with Gasteiger partial charge in [0.15, 0.2) is 0 Å². The standard InChI is InChI=1S/C18H24N2O/c1-12-4-6-16-10-15(5-7-18(16)20-12)11-19-17-8-13(2)21-14(3)9-17/h4-7,10,13-14,17,19H,8-9,11H2,1-3H3/t13-,14-/m0/s1. The first-order chi connectivity index (χ1) is 10.1. The van der Waals surface area contributed by atoms with Gasteiger partial charge in [-0.1, -0.05) is 12.1 Å². The highest BCUT2D eigenvalue weighted by atomic mass is 16.5. The van der Waals surface area contributed by atoms with Gasteiger partial charge in [-0.15, -0.1) is 0 Å². The topological polar surface area (TPSA) is 34.1 Å². The van der Waals surface area contributed by atoms with Crippen molar-refractivity contribution in [3.63, 3.8) is 0 Å². The van der Waals surface area contributed by atoms with Gasteiger partial charge < -0.3 is 10.1 Å². The molecule has 1 aliphatic heterocycles. The van der Waals surface area contributed by atoms with E-state index >= 15 is 0 Å². The van der Waals surface area contributed by atoms with Crippen molar-refractivity contribution in [2.75, 3.05) is 0 Å². The molecular weight excluding hydrogens is 260 g/mol. The van der Waals surface area contributed by atoms with E-state index in [1.165, 1.54) is 10.9 Å². The van der Waals surface area contributed by atoms with Crippen molar-refractivity contribution in [1.82, 2.24) is 10.3 Å². The second-order valence-corrected chi connectivity index (χ2v) is 6.29. The fourth-order valence-electron chi connectivity index (χ4n) is 3.22. The summed E-state index contributed by atoms with van der Waals surface area (Å²) in [4.78, 5) is 4.55. The van der Waals surface area contributed by atoms with Crippen molar-refractivity contribution < 1.29 is 4.74 Å². The van der Waals surface area contributed by atoms with Crippen molar-refractivity contribution in [1.29, 1.82) is 0 Å². The van der Waals surface area contributed by atoms with Gasteiger partial charge in [0.1, 0.15) is 0 Å². The number of aromatic nitrogens is 1. The second-order valence-electron chi connectivity index (χ2n) is 6.29. The van der Waals surface area contributed by atoms with E-state index in [0.717, 1.165) is 30.6 Å². The fourth-order valence-corrected chi connectivity index (χ4v) is 3.22. The minimum atomic E-state index is 0.357. The molecule has 2 heterocycles. The zero-order valence-electron chi connectivity index (χ0n) is 13.1. The lowest BCUT2D eigenvalue weighted by Crippen LogP contribution is -2.40. The van der Waals surface area contributed by atoms with Gasteiger partial charge in [-0.2, -0.15) is 0 Å².